The summed E-state index contributed by atoms with van der Waals surface area (Å²) in [6.07, 6.45) is 1.54. The molecule has 0 bridgehead atoms. The molecular formula is C19H24IN3O3. The summed E-state index contributed by atoms with van der Waals surface area (Å²) in [4.78, 5) is 4.20. The van der Waals surface area contributed by atoms with Crippen LogP contribution in [0.5, 0.6) is 0 Å². The molecule has 2 atom stereocenters. The van der Waals surface area contributed by atoms with Crippen molar-refractivity contribution in [2.75, 3.05) is 13.6 Å². The van der Waals surface area contributed by atoms with Crippen LogP contribution < -0.4 is 10.6 Å². The molecule has 0 amide bonds. The van der Waals surface area contributed by atoms with Crippen molar-refractivity contribution in [3.8, 4) is 0 Å². The van der Waals surface area contributed by atoms with Crippen molar-refractivity contribution in [2.45, 2.75) is 25.5 Å². The Balaban J connectivity index is 0.00000243. The zero-order valence-corrected chi connectivity index (χ0v) is 17.4. The Morgan fingerprint density at radius 1 is 1.27 bits per heavy atom. The fraction of sp³-hybridized carbons (Fsp3) is 0.316. The lowest BCUT2D eigenvalue weighted by molar-refractivity contribution is 0.0385. The van der Waals surface area contributed by atoms with Gasteiger partial charge in [-0.2, -0.15) is 0 Å². The topological polar surface area (TPSA) is 82.9 Å². The highest BCUT2D eigenvalue weighted by molar-refractivity contribution is 14.0. The van der Waals surface area contributed by atoms with Gasteiger partial charge in [0, 0.05) is 12.4 Å². The van der Waals surface area contributed by atoms with E-state index in [1.165, 1.54) is 0 Å². The molecule has 3 aromatic rings. The maximum Gasteiger partial charge on any atom is 0.191 e. The van der Waals surface area contributed by atoms with Crippen LogP contribution in [0.25, 0.3) is 11.0 Å². The second-order valence-corrected chi connectivity index (χ2v) is 6.23. The number of nitrogens with one attached hydrogen (secondary N) is 2. The average Bonchev–Trinajstić information content (AvgIpc) is 3.27. The third kappa shape index (κ3) is 4.59. The highest BCUT2D eigenvalue weighted by Crippen LogP contribution is 2.23. The molecule has 0 saturated heterocycles. The monoisotopic (exact) mass is 469 g/mol. The van der Waals surface area contributed by atoms with E-state index in [1.807, 2.05) is 37.3 Å². The molecule has 26 heavy (non-hydrogen) atoms. The molecule has 0 radical (unpaired) electrons. The molecule has 0 aliphatic rings. The molecule has 2 unspecified atom stereocenters. The van der Waals surface area contributed by atoms with Crippen molar-refractivity contribution in [1.82, 2.24) is 10.6 Å². The first-order valence-electron chi connectivity index (χ1n) is 8.21. The van der Waals surface area contributed by atoms with Crippen LogP contribution in [0.4, 0.5) is 0 Å². The molecule has 3 rings (SSSR count). The summed E-state index contributed by atoms with van der Waals surface area (Å²) >= 11 is 0. The maximum absolute atomic E-state index is 10.5. The van der Waals surface area contributed by atoms with Gasteiger partial charge in [-0.1, -0.05) is 18.2 Å². The molecule has 0 spiro atoms. The standard InChI is InChI=1S/C19H23N3O3.HI/c1-13(16-11-14-7-4-5-8-15(14)25-16)22-18(20-3)21-12-19(2,23)17-9-6-10-24-17;/h4-11,13,23H,12H2,1-3H3,(H2,20,21,22);1H. The van der Waals surface area contributed by atoms with E-state index in [9.17, 15) is 5.11 Å². The van der Waals surface area contributed by atoms with E-state index in [4.69, 9.17) is 8.83 Å². The summed E-state index contributed by atoms with van der Waals surface area (Å²) in [5.41, 5.74) is -0.279. The third-order valence-corrected chi connectivity index (χ3v) is 4.10. The number of aliphatic hydroxyl groups is 1. The normalized spacial score (nSPS) is 15.2. The van der Waals surface area contributed by atoms with Crippen LogP contribution >= 0.6 is 24.0 Å². The second kappa shape index (κ2) is 8.59. The summed E-state index contributed by atoms with van der Waals surface area (Å²) in [5, 5.41) is 18.0. The summed E-state index contributed by atoms with van der Waals surface area (Å²) in [5.74, 6) is 1.89. The lowest BCUT2D eigenvalue weighted by Gasteiger charge is -2.23. The van der Waals surface area contributed by atoms with Crippen LogP contribution in [0.2, 0.25) is 0 Å². The zero-order valence-electron chi connectivity index (χ0n) is 15.0. The molecular weight excluding hydrogens is 445 g/mol. The van der Waals surface area contributed by atoms with Gasteiger partial charge in [-0.15, -0.1) is 24.0 Å². The van der Waals surface area contributed by atoms with Crippen LogP contribution in [-0.2, 0) is 5.60 Å². The van der Waals surface area contributed by atoms with E-state index in [0.717, 1.165) is 16.7 Å². The van der Waals surface area contributed by atoms with Gasteiger partial charge in [0.15, 0.2) is 5.96 Å². The Morgan fingerprint density at radius 3 is 2.69 bits per heavy atom. The Morgan fingerprint density at radius 2 is 2.04 bits per heavy atom. The van der Waals surface area contributed by atoms with E-state index in [2.05, 4.69) is 15.6 Å². The van der Waals surface area contributed by atoms with E-state index < -0.39 is 5.60 Å². The van der Waals surface area contributed by atoms with Crippen molar-refractivity contribution in [3.05, 3.63) is 60.2 Å². The van der Waals surface area contributed by atoms with Crippen molar-refractivity contribution >= 4 is 40.9 Å². The number of hydrogen-bond acceptors (Lipinski definition) is 4. The van der Waals surface area contributed by atoms with Crippen LogP contribution in [0.15, 0.2) is 62.6 Å². The Bertz CT molecular complexity index is 823. The first-order chi connectivity index (χ1) is 12.0. The third-order valence-electron chi connectivity index (χ3n) is 4.10. The maximum atomic E-state index is 10.5. The van der Waals surface area contributed by atoms with Gasteiger partial charge in [0.1, 0.15) is 22.7 Å². The SMILES string of the molecule is CN=C(NCC(C)(O)c1ccco1)NC(C)c1cc2ccccc2o1.I. The number of hydrogen-bond donors (Lipinski definition) is 3. The molecule has 7 heteroatoms. The van der Waals surface area contributed by atoms with E-state index in [-0.39, 0.29) is 36.6 Å². The minimum absolute atomic E-state index is 0. The van der Waals surface area contributed by atoms with Crippen LogP contribution in [0.3, 0.4) is 0 Å². The number of aliphatic imine (C=N–C) groups is 1. The zero-order chi connectivity index (χ0) is 17.9. The number of nitrogens with zero attached hydrogens (tertiary/aromatic N) is 1. The lowest BCUT2D eigenvalue weighted by Crippen LogP contribution is -2.45. The minimum Gasteiger partial charge on any atom is -0.466 e. The number of halogens is 1. The van der Waals surface area contributed by atoms with Gasteiger partial charge in [0.05, 0.1) is 18.8 Å². The Kier molecular flexibility index (Phi) is 6.71. The molecule has 3 N–H and O–H groups in total. The highest BCUT2D eigenvalue weighted by atomic mass is 127. The van der Waals surface area contributed by atoms with Gasteiger partial charge in [0.2, 0.25) is 0 Å². The summed E-state index contributed by atoms with van der Waals surface area (Å²) < 4.78 is 11.2. The first-order valence-corrected chi connectivity index (χ1v) is 8.21. The van der Waals surface area contributed by atoms with Gasteiger partial charge in [0.25, 0.3) is 0 Å². The van der Waals surface area contributed by atoms with Gasteiger partial charge >= 0.3 is 0 Å². The quantitative estimate of drug-likeness (QED) is 0.301. The van der Waals surface area contributed by atoms with Crippen molar-refractivity contribution in [2.24, 2.45) is 4.99 Å². The van der Waals surface area contributed by atoms with E-state index >= 15 is 0 Å². The van der Waals surface area contributed by atoms with Crippen molar-refractivity contribution in [3.63, 3.8) is 0 Å². The molecule has 1 aromatic carbocycles. The second-order valence-electron chi connectivity index (χ2n) is 6.23. The number of fused-ring (bicyclic) bond motifs is 1. The highest BCUT2D eigenvalue weighted by Gasteiger charge is 2.26. The molecule has 0 aliphatic heterocycles. The van der Waals surface area contributed by atoms with Crippen molar-refractivity contribution < 1.29 is 13.9 Å². The summed E-state index contributed by atoms with van der Waals surface area (Å²) in [7, 11) is 1.68. The van der Waals surface area contributed by atoms with Gasteiger partial charge in [-0.3, -0.25) is 4.99 Å². The predicted molar refractivity (Wildman–Crippen MR) is 113 cm³/mol. The smallest absolute Gasteiger partial charge is 0.191 e. The predicted octanol–water partition coefficient (Wildman–Crippen LogP) is 3.78. The molecule has 2 aromatic heterocycles. The lowest BCUT2D eigenvalue weighted by atomic mass is 10.0. The molecule has 0 saturated carbocycles. The number of rotatable bonds is 5. The average molecular weight is 469 g/mol. The molecule has 0 aliphatic carbocycles. The summed E-state index contributed by atoms with van der Waals surface area (Å²) in [6.45, 7) is 3.94. The fourth-order valence-electron chi connectivity index (χ4n) is 2.61. The molecule has 140 valence electrons. The number of furan rings is 2. The molecule has 6 nitrogen and oxygen atoms in total. The van der Waals surface area contributed by atoms with Crippen LogP contribution in [0.1, 0.15) is 31.4 Å². The molecule has 0 fully saturated rings. The number of para-hydroxylation sites is 1. The summed E-state index contributed by atoms with van der Waals surface area (Å²) in [6, 6.07) is 13.3. The van der Waals surface area contributed by atoms with Crippen LogP contribution in [-0.4, -0.2) is 24.7 Å². The van der Waals surface area contributed by atoms with Gasteiger partial charge in [-0.05, 0) is 38.1 Å². The fourth-order valence-corrected chi connectivity index (χ4v) is 2.61. The number of benzene rings is 1. The van der Waals surface area contributed by atoms with Gasteiger partial charge < -0.3 is 24.6 Å². The molecule has 2 heterocycles. The van der Waals surface area contributed by atoms with E-state index in [0.29, 0.717) is 11.7 Å². The van der Waals surface area contributed by atoms with E-state index in [1.54, 1.807) is 32.4 Å². The van der Waals surface area contributed by atoms with Crippen molar-refractivity contribution in [1.29, 1.82) is 0 Å². The van der Waals surface area contributed by atoms with Gasteiger partial charge in [-0.25, -0.2) is 0 Å². The largest absolute Gasteiger partial charge is 0.466 e. The Hall–Kier alpha value is -2.00. The number of guanidine groups is 1. The Labute approximate surface area is 169 Å². The first kappa shape index (κ1) is 20.3. The minimum atomic E-state index is -1.14. The van der Waals surface area contributed by atoms with Crippen LogP contribution in [0, 0.1) is 0 Å².